The summed E-state index contributed by atoms with van der Waals surface area (Å²) < 4.78 is 14.1. The normalized spacial score (nSPS) is 10.4. The van der Waals surface area contributed by atoms with Crippen LogP contribution in [-0.2, 0) is 0 Å². The number of benzene rings is 1. The van der Waals surface area contributed by atoms with Crippen molar-refractivity contribution in [3.63, 3.8) is 0 Å². The Bertz CT molecular complexity index is 446. The molecule has 1 aromatic carbocycles. The summed E-state index contributed by atoms with van der Waals surface area (Å²) >= 11 is 0. The van der Waals surface area contributed by atoms with Crippen LogP contribution in [0, 0.1) is 12.7 Å². The fraction of sp³-hybridized carbons (Fsp3) is 0.111. The number of anilines is 1. The maximum atomic E-state index is 12.6. The Kier molecular flexibility index (Phi) is 1.92. The van der Waals surface area contributed by atoms with Crippen molar-refractivity contribution in [3.8, 4) is 5.69 Å². The average Bonchev–Trinajstić information content (AvgIpc) is 2.47. The summed E-state index contributed by atoms with van der Waals surface area (Å²) in [5.41, 5.74) is 6.31. The first-order valence-corrected chi connectivity index (χ1v) is 4.12. The molecule has 5 heteroatoms. The molecule has 0 amide bonds. The van der Waals surface area contributed by atoms with Crippen molar-refractivity contribution in [2.24, 2.45) is 0 Å². The second-order valence-corrected chi connectivity index (χ2v) is 2.91. The van der Waals surface area contributed by atoms with Gasteiger partial charge in [-0.1, -0.05) is 0 Å². The standard InChI is InChI=1S/C9H9FN4/c1-6-12-9(11)14(13-6)8-4-2-7(10)3-5-8/h2-5H,1H3,(H2,11,12,13). The molecule has 2 N–H and O–H groups in total. The molecule has 0 bridgehead atoms. The second kappa shape index (κ2) is 3.10. The largest absolute Gasteiger partial charge is 0.368 e. The van der Waals surface area contributed by atoms with E-state index in [-0.39, 0.29) is 5.82 Å². The van der Waals surface area contributed by atoms with E-state index in [4.69, 9.17) is 5.73 Å². The van der Waals surface area contributed by atoms with E-state index in [9.17, 15) is 4.39 Å². The maximum absolute atomic E-state index is 12.6. The van der Waals surface area contributed by atoms with Crippen LogP contribution in [0.2, 0.25) is 0 Å². The quantitative estimate of drug-likeness (QED) is 0.740. The molecule has 2 rings (SSSR count). The van der Waals surface area contributed by atoms with Gasteiger partial charge in [0.15, 0.2) is 0 Å². The van der Waals surface area contributed by atoms with E-state index in [1.54, 1.807) is 19.1 Å². The smallest absolute Gasteiger partial charge is 0.223 e. The molecule has 0 radical (unpaired) electrons. The molecule has 0 aliphatic rings. The van der Waals surface area contributed by atoms with Crippen LogP contribution in [0.1, 0.15) is 5.82 Å². The predicted octanol–water partition coefficient (Wildman–Crippen LogP) is 1.30. The number of nitrogens with zero attached hydrogens (tertiary/aromatic N) is 3. The van der Waals surface area contributed by atoms with Crippen LogP contribution in [0.5, 0.6) is 0 Å². The zero-order valence-electron chi connectivity index (χ0n) is 7.61. The molecule has 0 spiro atoms. The van der Waals surface area contributed by atoms with Gasteiger partial charge in [0.2, 0.25) is 5.95 Å². The molecule has 14 heavy (non-hydrogen) atoms. The number of rotatable bonds is 1. The summed E-state index contributed by atoms with van der Waals surface area (Å²) in [6.45, 7) is 1.75. The Balaban J connectivity index is 2.49. The van der Waals surface area contributed by atoms with Gasteiger partial charge in [-0.2, -0.15) is 9.67 Å². The van der Waals surface area contributed by atoms with E-state index < -0.39 is 0 Å². The lowest BCUT2D eigenvalue weighted by atomic mass is 10.3. The van der Waals surface area contributed by atoms with E-state index in [1.807, 2.05) is 0 Å². The molecule has 0 saturated heterocycles. The van der Waals surface area contributed by atoms with Crippen LogP contribution in [0.25, 0.3) is 5.69 Å². The highest BCUT2D eigenvalue weighted by atomic mass is 19.1. The molecule has 2 aromatic rings. The minimum atomic E-state index is -0.288. The van der Waals surface area contributed by atoms with Crippen molar-refractivity contribution in [2.75, 3.05) is 5.73 Å². The van der Waals surface area contributed by atoms with E-state index in [0.717, 1.165) is 0 Å². The van der Waals surface area contributed by atoms with Crippen molar-refractivity contribution in [3.05, 3.63) is 35.9 Å². The Labute approximate surface area is 80.2 Å². The first-order chi connectivity index (χ1) is 6.66. The summed E-state index contributed by atoms with van der Waals surface area (Å²) in [4.78, 5) is 3.95. The topological polar surface area (TPSA) is 56.7 Å². The van der Waals surface area contributed by atoms with Crippen LogP contribution in [-0.4, -0.2) is 14.8 Å². The summed E-state index contributed by atoms with van der Waals surface area (Å²) in [6.07, 6.45) is 0. The molecule has 0 fully saturated rings. The third kappa shape index (κ3) is 1.44. The van der Waals surface area contributed by atoms with Gasteiger partial charge in [0.1, 0.15) is 11.6 Å². The SMILES string of the molecule is Cc1nc(N)n(-c2ccc(F)cc2)n1. The summed E-state index contributed by atoms with van der Waals surface area (Å²) in [5.74, 6) is 0.602. The zero-order chi connectivity index (χ0) is 10.1. The Morgan fingerprint density at radius 3 is 2.43 bits per heavy atom. The third-order valence-electron chi connectivity index (χ3n) is 1.81. The van der Waals surface area contributed by atoms with Crippen molar-refractivity contribution in [1.82, 2.24) is 14.8 Å². The van der Waals surface area contributed by atoms with Crippen molar-refractivity contribution in [2.45, 2.75) is 6.92 Å². The van der Waals surface area contributed by atoms with Gasteiger partial charge < -0.3 is 5.73 Å². The minimum Gasteiger partial charge on any atom is -0.368 e. The van der Waals surface area contributed by atoms with Crippen molar-refractivity contribution >= 4 is 5.95 Å². The Morgan fingerprint density at radius 1 is 1.29 bits per heavy atom. The predicted molar refractivity (Wildman–Crippen MR) is 50.5 cm³/mol. The van der Waals surface area contributed by atoms with Crippen LogP contribution < -0.4 is 5.73 Å². The van der Waals surface area contributed by atoms with Crippen LogP contribution in [0.4, 0.5) is 10.3 Å². The molecule has 0 aliphatic heterocycles. The fourth-order valence-electron chi connectivity index (χ4n) is 1.20. The van der Waals surface area contributed by atoms with E-state index in [0.29, 0.717) is 17.5 Å². The highest BCUT2D eigenvalue weighted by Gasteiger charge is 2.04. The molecule has 1 heterocycles. The summed E-state index contributed by atoms with van der Waals surface area (Å²) in [7, 11) is 0. The van der Waals surface area contributed by atoms with E-state index >= 15 is 0 Å². The first-order valence-electron chi connectivity index (χ1n) is 4.12. The van der Waals surface area contributed by atoms with E-state index in [2.05, 4.69) is 10.1 Å². The average molecular weight is 192 g/mol. The van der Waals surface area contributed by atoms with Crippen LogP contribution in [0.15, 0.2) is 24.3 Å². The van der Waals surface area contributed by atoms with Crippen LogP contribution in [0.3, 0.4) is 0 Å². The minimum absolute atomic E-state index is 0.288. The molecule has 1 aromatic heterocycles. The first kappa shape index (κ1) is 8.68. The lowest BCUT2D eigenvalue weighted by Gasteiger charge is -2.01. The van der Waals surface area contributed by atoms with Gasteiger partial charge >= 0.3 is 0 Å². The molecule has 0 unspecified atom stereocenters. The number of halogens is 1. The van der Waals surface area contributed by atoms with E-state index in [1.165, 1.54) is 16.8 Å². The summed E-state index contributed by atoms with van der Waals surface area (Å²) in [5, 5.41) is 4.07. The molecular weight excluding hydrogens is 183 g/mol. The van der Waals surface area contributed by atoms with Crippen molar-refractivity contribution < 1.29 is 4.39 Å². The molecule has 0 saturated carbocycles. The Hall–Kier alpha value is -1.91. The lowest BCUT2D eigenvalue weighted by Crippen LogP contribution is -2.02. The monoisotopic (exact) mass is 192 g/mol. The number of aryl methyl sites for hydroxylation is 1. The maximum Gasteiger partial charge on any atom is 0.223 e. The van der Waals surface area contributed by atoms with Gasteiger partial charge in [-0.25, -0.2) is 4.39 Å². The number of nitrogen functional groups attached to an aromatic ring is 1. The summed E-state index contributed by atoms with van der Waals surface area (Å²) in [6, 6.07) is 5.90. The molecule has 0 atom stereocenters. The van der Waals surface area contributed by atoms with Crippen molar-refractivity contribution in [1.29, 1.82) is 0 Å². The van der Waals surface area contributed by atoms with Gasteiger partial charge in [0, 0.05) is 0 Å². The van der Waals surface area contributed by atoms with Gasteiger partial charge in [-0.15, -0.1) is 5.10 Å². The number of aromatic nitrogens is 3. The molecule has 4 nitrogen and oxygen atoms in total. The highest BCUT2D eigenvalue weighted by molar-refractivity contribution is 5.37. The number of hydrogen-bond donors (Lipinski definition) is 1. The fourth-order valence-corrected chi connectivity index (χ4v) is 1.20. The van der Waals surface area contributed by atoms with Gasteiger partial charge in [-0.05, 0) is 31.2 Å². The second-order valence-electron chi connectivity index (χ2n) is 2.91. The molecular formula is C9H9FN4. The molecule has 0 aliphatic carbocycles. The van der Waals surface area contributed by atoms with Gasteiger partial charge in [0.05, 0.1) is 5.69 Å². The molecule has 72 valence electrons. The number of nitrogens with two attached hydrogens (primary N) is 1. The third-order valence-corrected chi connectivity index (χ3v) is 1.81. The van der Waals surface area contributed by atoms with Gasteiger partial charge in [-0.3, -0.25) is 0 Å². The zero-order valence-corrected chi connectivity index (χ0v) is 7.61. The van der Waals surface area contributed by atoms with Gasteiger partial charge in [0.25, 0.3) is 0 Å². The lowest BCUT2D eigenvalue weighted by molar-refractivity contribution is 0.627. The highest BCUT2D eigenvalue weighted by Crippen LogP contribution is 2.11. The Morgan fingerprint density at radius 2 is 1.93 bits per heavy atom. The van der Waals surface area contributed by atoms with Crippen LogP contribution >= 0.6 is 0 Å². The number of hydrogen-bond acceptors (Lipinski definition) is 3.